The molecule has 0 saturated carbocycles. The number of hydrogen-bond donors (Lipinski definition) is 1. The predicted molar refractivity (Wildman–Crippen MR) is 55.7 cm³/mol. The Labute approximate surface area is 91.7 Å². The van der Waals surface area contributed by atoms with E-state index in [2.05, 4.69) is 0 Å². The SMILES string of the molecule is CC(N)C(=O)Oc1c(Cl)cccc1Cl. The molecule has 0 amide bonds. The first-order chi connectivity index (χ1) is 6.52. The van der Waals surface area contributed by atoms with Crippen LogP contribution in [0.1, 0.15) is 6.92 Å². The van der Waals surface area contributed by atoms with Crippen LogP contribution in [-0.2, 0) is 4.79 Å². The molecule has 3 nitrogen and oxygen atoms in total. The van der Waals surface area contributed by atoms with E-state index >= 15 is 0 Å². The average molecular weight is 234 g/mol. The van der Waals surface area contributed by atoms with Gasteiger partial charge in [-0.2, -0.15) is 0 Å². The fourth-order valence-corrected chi connectivity index (χ4v) is 1.25. The number of ether oxygens (including phenoxy) is 1. The molecule has 1 rings (SSSR count). The minimum Gasteiger partial charge on any atom is -0.422 e. The summed E-state index contributed by atoms with van der Waals surface area (Å²) in [6.45, 7) is 1.52. The van der Waals surface area contributed by atoms with Crippen LogP contribution in [0, 0.1) is 0 Å². The number of halogens is 2. The van der Waals surface area contributed by atoms with Crippen LogP contribution < -0.4 is 10.5 Å². The Morgan fingerprint density at radius 3 is 2.36 bits per heavy atom. The Morgan fingerprint density at radius 2 is 1.93 bits per heavy atom. The Morgan fingerprint density at radius 1 is 1.43 bits per heavy atom. The molecule has 1 aromatic carbocycles. The molecule has 1 unspecified atom stereocenters. The molecular weight excluding hydrogens is 225 g/mol. The smallest absolute Gasteiger partial charge is 0.328 e. The maximum atomic E-state index is 11.2. The highest BCUT2D eigenvalue weighted by molar-refractivity contribution is 6.37. The van der Waals surface area contributed by atoms with Gasteiger partial charge < -0.3 is 10.5 Å². The van der Waals surface area contributed by atoms with E-state index in [9.17, 15) is 4.79 Å². The molecule has 0 heterocycles. The van der Waals surface area contributed by atoms with Gasteiger partial charge in [-0.3, -0.25) is 0 Å². The lowest BCUT2D eigenvalue weighted by Crippen LogP contribution is -2.31. The standard InChI is InChI=1S/C9H9Cl2NO2/c1-5(12)9(13)14-8-6(10)3-2-4-7(8)11/h2-5H,12H2,1H3. The van der Waals surface area contributed by atoms with Crippen LogP contribution in [0.4, 0.5) is 0 Å². The van der Waals surface area contributed by atoms with E-state index in [4.69, 9.17) is 33.7 Å². The molecule has 76 valence electrons. The second kappa shape index (κ2) is 4.64. The normalized spacial score (nSPS) is 12.3. The summed E-state index contributed by atoms with van der Waals surface area (Å²) in [5.41, 5.74) is 5.32. The fraction of sp³-hybridized carbons (Fsp3) is 0.222. The number of rotatable bonds is 2. The molecule has 0 spiro atoms. The Hall–Kier alpha value is -0.770. The Bertz CT molecular complexity index is 332. The maximum Gasteiger partial charge on any atom is 0.328 e. The lowest BCUT2D eigenvalue weighted by atomic mass is 10.3. The van der Waals surface area contributed by atoms with Crippen LogP contribution in [0.25, 0.3) is 0 Å². The summed E-state index contributed by atoms with van der Waals surface area (Å²) in [5, 5.41) is 0.568. The zero-order valence-corrected chi connectivity index (χ0v) is 8.97. The summed E-state index contributed by atoms with van der Waals surface area (Å²) >= 11 is 11.6. The molecule has 0 aromatic heterocycles. The molecule has 0 bridgehead atoms. The lowest BCUT2D eigenvalue weighted by molar-refractivity contribution is -0.135. The van der Waals surface area contributed by atoms with Gasteiger partial charge in [0.1, 0.15) is 6.04 Å². The number of para-hydroxylation sites is 1. The number of benzene rings is 1. The summed E-state index contributed by atoms with van der Waals surface area (Å²) in [6, 6.07) is 4.12. The molecule has 0 aliphatic heterocycles. The zero-order valence-electron chi connectivity index (χ0n) is 7.46. The van der Waals surface area contributed by atoms with Crippen LogP contribution in [-0.4, -0.2) is 12.0 Å². The number of hydrogen-bond acceptors (Lipinski definition) is 3. The van der Waals surface area contributed by atoms with Gasteiger partial charge >= 0.3 is 5.97 Å². The van der Waals surface area contributed by atoms with Crippen LogP contribution in [0.3, 0.4) is 0 Å². The van der Waals surface area contributed by atoms with Crippen molar-refractivity contribution in [2.24, 2.45) is 5.73 Å². The summed E-state index contributed by atoms with van der Waals surface area (Å²) in [6.07, 6.45) is 0. The summed E-state index contributed by atoms with van der Waals surface area (Å²) < 4.78 is 4.91. The van der Waals surface area contributed by atoms with Gasteiger partial charge in [-0.15, -0.1) is 0 Å². The molecule has 0 saturated heterocycles. The van der Waals surface area contributed by atoms with Gasteiger partial charge in [-0.25, -0.2) is 4.79 Å². The molecular formula is C9H9Cl2NO2. The molecule has 5 heteroatoms. The minimum atomic E-state index is -0.706. The van der Waals surface area contributed by atoms with Crippen LogP contribution in [0.15, 0.2) is 18.2 Å². The van der Waals surface area contributed by atoms with Crippen molar-refractivity contribution in [3.05, 3.63) is 28.2 Å². The highest BCUT2D eigenvalue weighted by Crippen LogP contribution is 2.32. The summed E-state index contributed by atoms with van der Waals surface area (Å²) in [4.78, 5) is 11.2. The molecule has 1 aromatic rings. The Balaban J connectivity index is 2.91. The van der Waals surface area contributed by atoms with E-state index in [1.165, 1.54) is 6.92 Å². The number of carbonyl (C=O) groups excluding carboxylic acids is 1. The van der Waals surface area contributed by atoms with Crippen molar-refractivity contribution < 1.29 is 9.53 Å². The zero-order chi connectivity index (χ0) is 10.7. The van der Waals surface area contributed by atoms with Gasteiger partial charge in [-0.1, -0.05) is 29.3 Å². The van der Waals surface area contributed by atoms with E-state index in [1.54, 1.807) is 18.2 Å². The quantitative estimate of drug-likeness (QED) is 0.630. The lowest BCUT2D eigenvalue weighted by Gasteiger charge is -2.09. The number of carbonyl (C=O) groups is 1. The first-order valence-electron chi connectivity index (χ1n) is 3.93. The summed E-state index contributed by atoms with van der Waals surface area (Å²) in [7, 11) is 0. The van der Waals surface area contributed by atoms with Crippen molar-refractivity contribution in [3.8, 4) is 5.75 Å². The average Bonchev–Trinajstić information content (AvgIpc) is 2.11. The largest absolute Gasteiger partial charge is 0.422 e. The van der Waals surface area contributed by atoms with Gasteiger partial charge in [0, 0.05) is 0 Å². The van der Waals surface area contributed by atoms with Gasteiger partial charge in [0.25, 0.3) is 0 Å². The number of esters is 1. The highest BCUT2D eigenvalue weighted by atomic mass is 35.5. The van der Waals surface area contributed by atoms with Gasteiger partial charge in [-0.05, 0) is 19.1 Å². The van der Waals surface area contributed by atoms with E-state index in [0.717, 1.165) is 0 Å². The maximum absolute atomic E-state index is 11.2. The third-order valence-corrected chi connectivity index (χ3v) is 2.09. The van der Waals surface area contributed by atoms with Gasteiger partial charge in [0.05, 0.1) is 10.0 Å². The third-order valence-electron chi connectivity index (χ3n) is 1.49. The van der Waals surface area contributed by atoms with Crippen molar-refractivity contribution in [2.75, 3.05) is 0 Å². The second-order valence-electron chi connectivity index (χ2n) is 2.76. The van der Waals surface area contributed by atoms with Crippen molar-refractivity contribution in [1.82, 2.24) is 0 Å². The van der Waals surface area contributed by atoms with E-state index in [-0.39, 0.29) is 15.8 Å². The Kier molecular flexibility index (Phi) is 3.75. The van der Waals surface area contributed by atoms with E-state index < -0.39 is 12.0 Å². The van der Waals surface area contributed by atoms with Gasteiger partial charge in [0.2, 0.25) is 0 Å². The fourth-order valence-electron chi connectivity index (χ4n) is 0.774. The van der Waals surface area contributed by atoms with Crippen molar-refractivity contribution in [3.63, 3.8) is 0 Å². The highest BCUT2D eigenvalue weighted by Gasteiger charge is 2.14. The molecule has 0 aliphatic rings. The van der Waals surface area contributed by atoms with E-state index in [0.29, 0.717) is 0 Å². The van der Waals surface area contributed by atoms with Crippen molar-refractivity contribution in [2.45, 2.75) is 13.0 Å². The molecule has 0 fully saturated rings. The topological polar surface area (TPSA) is 52.3 Å². The van der Waals surface area contributed by atoms with Crippen molar-refractivity contribution in [1.29, 1.82) is 0 Å². The first-order valence-corrected chi connectivity index (χ1v) is 4.69. The van der Waals surface area contributed by atoms with Crippen molar-refractivity contribution >= 4 is 29.2 Å². The molecule has 14 heavy (non-hydrogen) atoms. The summed E-state index contributed by atoms with van der Waals surface area (Å²) in [5.74, 6) is -0.418. The van der Waals surface area contributed by atoms with E-state index in [1.807, 2.05) is 0 Å². The molecule has 1 atom stereocenters. The molecule has 0 aliphatic carbocycles. The first kappa shape index (κ1) is 11.3. The van der Waals surface area contributed by atoms with Crippen LogP contribution in [0.5, 0.6) is 5.75 Å². The van der Waals surface area contributed by atoms with Crippen LogP contribution >= 0.6 is 23.2 Å². The monoisotopic (exact) mass is 233 g/mol. The third kappa shape index (κ3) is 2.61. The van der Waals surface area contributed by atoms with Crippen LogP contribution in [0.2, 0.25) is 10.0 Å². The predicted octanol–water partition coefficient (Wildman–Crippen LogP) is 2.25. The van der Waals surface area contributed by atoms with Gasteiger partial charge in [0.15, 0.2) is 5.75 Å². The number of nitrogens with two attached hydrogens (primary N) is 1. The molecule has 2 N–H and O–H groups in total. The minimum absolute atomic E-state index is 0.151. The molecule has 0 radical (unpaired) electrons. The second-order valence-corrected chi connectivity index (χ2v) is 3.57.